The molecule has 0 saturated heterocycles. The molecule has 0 aliphatic carbocycles. The number of aliphatic hydroxyl groups is 1. The molecule has 5 heteroatoms. The molecule has 2 aromatic carbocycles. The zero-order valence-electron chi connectivity index (χ0n) is 12.3. The molecule has 118 valence electrons. The molecule has 23 heavy (non-hydrogen) atoms. The van der Waals surface area contributed by atoms with Crippen LogP contribution in [0.5, 0.6) is 5.75 Å². The average molecular weight is 312 g/mol. The van der Waals surface area contributed by atoms with E-state index in [1.807, 2.05) is 0 Å². The molecule has 0 spiro atoms. The van der Waals surface area contributed by atoms with Crippen LogP contribution in [-0.4, -0.2) is 29.3 Å². The van der Waals surface area contributed by atoms with Crippen molar-refractivity contribution in [3.8, 4) is 5.75 Å². The number of carbonyl (C=O) groups is 2. The Morgan fingerprint density at radius 2 is 1.61 bits per heavy atom. The van der Waals surface area contributed by atoms with Crippen LogP contribution in [0, 0.1) is 0 Å². The number of esters is 1. The lowest BCUT2D eigenvalue weighted by Crippen LogP contribution is -2.49. The van der Waals surface area contributed by atoms with Gasteiger partial charge in [0, 0.05) is 11.6 Å². The van der Waals surface area contributed by atoms with Crippen LogP contribution >= 0.6 is 0 Å². The molecule has 0 aromatic heterocycles. The van der Waals surface area contributed by atoms with Gasteiger partial charge in [-0.25, -0.2) is 4.79 Å². The van der Waals surface area contributed by atoms with E-state index >= 15 is 0 Å². The second-order valence-corrected chi connectivity index (χ2v) is 4.71. The number of Topliss-reactive ketones (excluding diaryl/α,β-unsaturated/α-hetero) is 1. The third-order valence-corrected chi connectivity index (χ3v) is 3.00. The van der Waals surface area contributed by atoms with Crippen molar-refractivity contribution in [1.82, 2.24) is 0 Å². The summed E-state index contributed by atoms with van der Waals surface area (Å²) in [4.78, 5) is 23.8. The summed E-state index contributed by atoms with van der Waals surface area (Å²) in [5.41, 5.74) is 0.237. The second kappa shape index (κ2) is 7.38. The van der Waals surface area contributed by atoms with Gasteiger partial charge < -0.3 is 14.6 Å². The highest BCUT2D eigenvalue weighted by Gasteiger charge is 2.41. The van der Waals surface area contributed by atoms with Gasteiger partial charge in [-0.3, -0.25) is 4.79 Å². The van der Waals surface area contributed by atoms with Gasteiger partial charge in [-0.15, -0.1) is 0 Å². The zero-order valence-corrected chi connectivity index (χ0v) is 12.3. The van der Waals surface area contributed by atoms with Crippen molar-refractivity contribution < 1.29 is 24.2 Å². The quantitative estimate of drug-likeness (QED) is 0.368. The molecule has 0 aliphatic rings. The molecule has 0 saturated carbocycles. The van der Waals surface area contributed by atoms with Crippen LogP contribution in [0.3, 0.4) is 0 Å². The SMILES string of the molecule is C=CC(=O)OCC(O)(Oc1ccccc1)C(=O)c1ccccc1. The monoisotopic (exact) mass is 312 g/mol. The summed E-state index contributed by atoms with van der Waals surface area (Å²) >= 11 is 0. The fraction of sp³-hybridized carbons (Fsp3) is 0.111. The van der Waals surface area contributed by atoms with E-state index in [-0.39, 0.29) is 11.3 Å². The van der Waals surface area contributed by atoms with E-state index in [0.717, 1.165) is 6.08 Å². The summed E-state index contributed by atoms with van der Waals surface area (Å²) in [6, 6.07) is 16.5. The van der Waals surface area contributed by atoms with Crippen LogP contribution in [0.2, 0.25) is 0 Å². The minimum atomic E-state index is -2.33. The molecule has 0 radical (unpaired) electrons. The lowest BCUT2D eigenvalue weighted by Gasteiger charge is -2.27. The number of para-hydroxylation sites is 1. The number of ketones is 1. The van der Waals surface area contributed by atoms with Crippen LogP contribution in [0.25, 0.3) is 0 Å². The number of benzene rings is 2. The predicted molar refractivity (Wildman–Crippen MR) is 83.9 cm³/mol. The van der Waals surface area contributed by atoms with Gasteiger partial charge in [-0.1, -0.05) is 55.1 Å². The van der Waals surface area contributed by atoms with Crippen molar-refractivity contribution in [2.45, 2.75) is 5.79 Å². The summed E-state index contributed by atoms with van der Waals surface area (Å²) in [5, 5.41) is 10.6. The Balaban J connectivity index is 2.28. The van der Waals surface area contributed by atoms with Crippen LogP contribution in [0.4, 0.5) is 0 Å². The van der Waals surface area contributed by atoms with Gasteiger partial charge >= 0.3 is 11.8 Å². The number of hydrogen-bond acceptors (Lipinski definition) is 5. The first-order chi connectivity index (χ1) is 11.0. The van der Waals surface area contributed by atoms with E-state index in [4.69, 9.17) is 9.47 Å². The summed E-state index contributed by atoms with van der Waals surface area (Å²) in [6.45, 7) is 2.61. The Morgan fingerprint density at radius 3 is 2.17 bits per heavy atom. The van der Waals surface area contributed by atoms with E-state index in [1.54, 1.807) is 48.5 Å². The Kier molecular flexibility index (Phi) is 5.28. The van der Waals surface area contributed by atoms with Crippen molar-refractivity contribution in [3.05, 3.63) is 78.9 Å². The van der Waals surface area contributed by atoms with Crippen LogP contribution in [0.15, 0.2) is 73.3 Å². The van der Waals surface area contributed by atoms with E-state index in [1.165, 1.54) is 12.1 Å². The molecule has 5 nitrogen and oxygen atoms in total. The van der Waals surface area contributed by atoms with Crippen LogP contribution in [0.1, 0.15) is 10.4 Å². The second-order valence-electron chi connectivity index (χ2n) is 4.71. The van der Waals surface area contributed by atoms with E-state index in [2.05, 4.69) is 6.58 Å². The van der Waals surface area contributed by atoms with Crippen molar-refractivity contribution in [2.24, 2.45) is 0 Å². The average Bonchev–Trinajstić information content (AvgIpc) is 2.60. The largest absolute Gasteiger partial charge is 0.455 e. The highest BCUT2D eigenvalue weighted by atomic mass is 16.7. The predicted octanol–water partition coefficient (Wildman–Crippen LogP) is 2.37. The third kappa shape index (κ3) is 4.28. The van der Waals surface area contributed by atoms with Gasteiger partial charge in [-0.05, 0) is 12.1 Å². The standard InChI is InChI=1S/C18H16O5/c1-2-16(19)22-13-18(21,23-15-11-7-4-8-12-15)17(20)14-9-5-3-6-10-14/h2-12,21H,1,13H2. The maximum atomic E-state index is 12.6. The van der Waals surface area contributed by atoms with Crippen LogP contribution in [-0.2, 0) is 9.53 Å². The molecule has 0 amide bonds. The Labute approximate surface area is 133 Å². The fourth-order valence-electron chi connectivity index (χ4n) is 1.87. The highest BCUT2D eigenvalue weighted by Crippen LogP contribution is 2.21. The minimum absolute atomic E-state index is 0.237. The van der Waals surface area contributed by atoms with E-state index < -0.39 is 24.1 Å². The van der Waals surface area contributed by atoms with Gasteiger partial charge in [0.1, 0.15) is 5.75 Å². The van der Waals surface area contributed by atoms with Crippen molar-refractivity contribution in [1.29, 1.82) is 0 Å². The van der Waals surface area contributed by atoms with Gasteiger partial charge in [0.2, 0.25) is 5.78 Å². The zero-order chi connectivity index (χ0) is 16.7. The minimum Gasteiger partial charge on any atom is -0.455 e. The number of ether oxygens (including phenoxy) is 2. The van der Waals surface area contributed by atoms with Crippen molar-refractivity contribution in [2.75, 3.05) is 6.61 Å². The molecule has 0 aliphatic heterocycles. The summed E-state index contributed by atoms with van der Waals surface area (Å²) in [7, 11) is 0. The first-order valence-electron chi connectivity index (χ1n) is 6.90. The summed E-state index contributed by atoms with van der Waals surface area (Å²) in [5.74, 6) is -3.53. The molecule has 1 atom stereocenters. The molecule has 1 N–H and O–H groups in total. The summed E-state index contributed by atoms with van der Waals surface area (Å²) < 4.78 is 10.2. The Morgan fingerprint density at radius 1 is 1.04 bits per heavy atom. The van der Waals surface area contributed by atoms with E-state index in [0.29, 0.717) is 0 Å². The molecule has 0 fully saturated rings. The number of carbonyl (C=O) groups excluding carboxylic acids is 2. The molecular weight excluding hydrogens is 296 g/mol. The lowest BCUT2D eigenvalue weighted by atomic mass is 10.0. The topological polar surface area (TPSA) is 72.8 Å². The lowest BCUT2D eigenvalue weighted by molar-refractivity contribution is -0.164. The van der Waals surface area contributed by atoms with Gasteiger partial charge in [0.15, 0.2) is 6.61 Å². The maximum absolute atomic E-state index is 12.6. The normalized spacial score (nSPS) is 12.7. The van der Waals surface area contributed by atoms with Gasteiger partial charge in [-0.2, -0.15) is 0 Å². The highest BCUT2D eigenvalue weighted by molar-refractivity contribution is 6.01. The molecule has 2 aromatic rings. The van der Waals surface area contributed by atoms with Crippen molar-refractivity contribution in [3.63, 3.8) is 0 Å². The Bertz CT molecular complexity index is 681. The maximum Gasteiger partial charge on any atom is 0.330 e. The first kappa shape index (κ1) is 16.5. The first-order valence-corrected chi connectivity index (χ1v) is 6.90. The van der Waals surface area contributed by atoms with Crippen molar-refractivity contribution >= 4 is 11.8 Å². The van der Waals surface area contributed by atoms with Crippen LogP contribution < -0.4 is 4.74 Å². The molecule has 2 rings (SSSR count). The van der Waals surface area contributed by atoms with E-state index in [9.17, 15) is 14.7 Å². The molecule has 1 unspecified atom stereocenters. The van der Waals surface area contributed by atoms with Gasteiger partial charge in [0.05, 0.1) is 0 Å². The fourth-order valence-corrected chi connectivity index (χ4v) is 1.87. The molecule has 0 heterocycles. The number of rotatable bonds is 7. The summed E-state index contributed by atoms with van der Waals surface area (Å²) in [6.07, 6.45) is 0.940. The van der Waals surface area contributed by atoms with Gasteiger partial charge in [0.25, 0.3) is 0 Å². The molecule has 0 bridgehead atoms. The molecular formula is C18H16O5. The Hall–Kier alpha value is -2.92. The third-order valence-electron chi connectivity index (χ3n) is 3.00. The smallest absolute Gasteiger partial charge is 0.330 e. The number of hydrogen-bond donors (Lipinski definition) is 1.